The number of H-pyrrole nitrogens is 1. The van der Waals surface area contributed by atoms with E-state index in [1.807, 2.05) is 29.2 Å². The third-order valence-corrected chi connectivity index (χ3v) is 4.93. The van der Waals surface area contributed by atoms with E-state index in [0.717, 1.165) is 16.5 Å². The van der Waals surface area contributed by atoms with E-state index in [-0.39, 0.29) is 5.56 Å². The van der Waals surface area contributed by atoms with Crippen LogP contribution in [0.1, 0.15) is 16.7 Å². The second-order valence-electron chi connectivity index (χ2n) is 6.65. The smallest absolute Gasteiger partial charge is 0.252 e. The minimum atomic E-state index is -0.465. The molecule has 0 saturated heterocycles. The zero-order valence-corrected chi connectivity index (χ0v) is 14.0. The highest BCUT2D eigenvalue weighted by atomic mass is 19.1. The van der Waals surface area contributed by atoms with Crippen LogP contribution >= 0.6 is 0 Å². The predicted octanol–water partition coefficient (Wildman–Crippen LogP) is 2.08. The van der Waals surface area contributed by atoms with Gasteiger partial charge in [-0.3, -0.25) is 14.5 Å². The zero-order chi connectivity index (χ0) is 18.3. The van der Waals surface area contributed by atoms with Crippen molar-refractivity contribution in [2.45, 2.75) is 25.6 Å². The van der Waals surface area contributed by atoms with E-state index in [0.29, 0.717) is 30.6 Å². The Labute approximate surface area is 149 Å². The van der Waals surface area contributed by atoms with Gasteiger partial charge in [0.25, 0.3) is 5.56 Å². The summed E-state index contributed by atoms with van der Waals surface area (Å²) >= 11 is 0. The van der Waals surface area contributed by atoms with Crippen molar-refractivity contribution in [2.24, 2.45) is 5.73 Å². The number of aromatic amines is 1. The van der Waals surface area contributed by atoms with Crippen molar-refractivity contribution in [3.8, 4) is 0 Å². The number of hydrogen-bond acceptors (Lipinski definition) is 3. The SMILES string of the molecule is NC(=O)C1Cc2ccccc2CN1Cc1cc2ccc(F)cc2[nH]c1=O. The predicted molar refractivity (Wildman–Crippen MR) is 96.9 cm³/mol. The number of hydrogen-bond donors (Lipinski definition) is 2. The molecule has 1 atom stereocenters. The van der Waals surface area contributed by atoms with Crippen LogP contribution in [0, 0.1) is 5.82 Å². The van der Waals surface area contributed by atoms with Crippen LogP contribution in [0.15, 0.2) is 53.3 Å². The molecule has 3 N–H and O–H groups in total. The molecule has 0 radical (unpaired) electrons. The van der Waals surface area contributed by atoms with Crippen LogP contribution in [-0.2, 0) is 24.3 Å². The van der Waals surface area contributed by atoms with Gasteiger partial charge in [-0.1, -0.05) is 24.3 Å². The molecule has 26 heavy (non-hydrogen) atoms. The van der Waals surface area contributed by atoms with Gasteiger partial charge in [0.15, 0.2) is 0 Å². The molecular weight excluding hydrogens is 333 g/mol. The number of halogens is 1. The maximum atomic E-state index is 13.3. The van der Waals surface area contributed by atoms with Crippen molar-refractivity contribution >= 4 is 16.8 Å². The minimum Gasteiger partial charge on any atom is -0.368 e. The number of nitrogens with two attached hydrogens (primary N) is 1. The lowest BCUT2D eigenvalue weighted by molar-refractivity contribution is -0.124. The fraction of sp³-hybridized carbons (Fsp3) is 0.200. The normalized spacial score (nSPS) is 17.2. The number of carbonyl (C=O) groups excluding carboxylic acids is 1. The summed E-state index contributed by atoms with van der Waals surface area (Å²) in [6.45, 7) is 0.843. The Morgan fingerprint density at radius 3 is 2.73 bits per heavy atom. The highest BCUT2D eigenvalue weighted by Crippen LogP contribution is 2.25. The molecule has 0 bridgehead atoms. The molecule has 1 unspecified atom stereocenters. The number of benzene rings is 2. The van der Waals surface area contributed by atoms with E-state index < -0.39 is 17.8 Å². The summed E-state index contributed by atoms with van der Waals surface area (Å²) in [7, 11) is 0. The molecular formula is C20H18FN3O2. The highest BCUT2D eigenvalue weighted by Gasteiger charge is 2.30. The molecule has 0 saturated carbocycles. The maximum Gasteiger partial charge on any atom is 0.252 e. The molecule has 3 aromatic rings. The Morgan fingerprint density at radius 1 is 1.19 bits per heavy atom. The van der Waals surface area contributed by atoms with E-state index in [1.165, 1.54) is 12.1 Å². The second kappa shape index (κ2) is 6.38. The van der Waals surface area contributed by atoms with Gasteiger partial charge in [-0.05, 0) is 47.2 Å². The third-order valence-electron chi connectivity index (χ3n) is 4.93. The van der Waals surface area contributed by atoms with Crippen LogP contribution in [0.4, 0.5) is 4.39 Å². The number of nitrogens with zero attached hydrogens (tertiary/aromatic N) is 1. The summed E-state index contributed by atoms with van der Waals surface area (Å²) in [4.78, 5) is 29.0. The monoisotopic (exact) mass is 351 g/mol. The lowest BCUT2D eigenvalue weighted by atomic mass is 9.93. The average molecular weight is 351 g/mol. The molecule has 1 aromatic heterocycles. The summed E-state index contributed by atoms with van der Waals surface area (Å²) in [5.41, 5.74) is 8.53. The van der Waals surface area contributed by atoms with Crippen LogP contribution in [-0.4, -0.2) is 21.8 Å². The summed E-state index contributed by atoms with van der Waals surface area (Å²) in [6, 6.07) is 13.5. The number of aromatic nitrogens is 1. The Hall–Kier alpha value is -2.99. The maximum absolute atomic E-state index is 13.3. The summed E-state index contributed by atoms with van der Waals surface area (Å²) < 4.78 is 13.3. The molecule has 6 heteroatoms. The van der Waals surface area contributed by atoms with E-state index in [4.69, 9.17) is 5.73 Å². The third kappa shape index (κ3) is 2.99. The molecule has 1 aliphatic heterocycles. The first kappa shape index (κ1) is 16.5. The molecule has 4 rings (SSSR count). The van der Waals surface area contributed by atoms with E-state index in [2.05, 4.69) is 4.98 Å². The molecule has 2 heterocycles. The van der Waals surface area contributed by atoms with Crippen molar-refractivity contribution < 1.29 is 9.18 Å². The molecule has 0 aliphatic carbocycles. The Bertz CT molecular complexity index is 1060. The number of pyridine rings is 1. The van der Waals surface area contributed by atoms with Crippen molar-refractivity contribution in [2.75, 3.05) is 0 Å². The number of nitrogens with one attached hydrogen (secondary N) is 1. The zero-order valence-electron chi connectivity index (χ0n) is 14.0. The topological polar surface area (TPSA) is 79.2 Å². The van der Waals surface area contributed by atoms with Crippen molar-refractivity contribution in [1.82, 2.24) is 9.88 Å². The molecule has 1 aliphatic rings. The van der Waals surface area contributed by atoms with E-state index in [1.54, 1.807) is 12.1 Å². The minimum absolute atomic E-state index is 0.287. The van der Waals surface area contributed by atoms with Gasteiger partial charge in [-0.15, -0.1) is 0 Å². The fourth-order valence-electron chi connectivity index (χ4n) is 3.58. The lowest BCUT2D eigenvalue weighted by Gasteiger charge is -2.34. The van der Waals surface area contributed by atoms with E-state index in [9.17, 15) is 14.0 Å². The van der Waals surface area contributed by atoms with Crippen LogP contribution in [0.5, 0.6) is 0 Å². The number of amides is 1. The first-order valence-electron chi connectivity index (χ1n) is 8.43. The Kier molecular flexibility index (Phi) is 4.05. The highest BCUT2D eigenvalue weighted by molar-refractivity contribution is 5.81. The quantitative estimate of drug-likeness (QED) is 0.758. The Morgan fingerprint density at radius 2 is 1.96 bits per heavy atom. The van der Waals surface area contributed by atoms with E-state index >= 15 is 0 Å². The van der Waals surface area contributed by atoms with Crippen molar-refractivity contribution in [3.05, 3.63) is 81.4 Å². The van der Waals surface area contributed by atoms with Gasteiger partial charge in [-0.25, -0.2) is 4.39 Å². The molecule has 2 aromatic carbocycles. The summed E-state index contributed by atoms with van der Waals surface area (Å²) in [5, 5.41) is 0.744. The van der Waals surface area contributed by atoms with Crippen molar-refractivity contribution in [1.29, 1.82) is 0 Å². The van der Waals surface area contributed by atoms with Gasteiger partial charge >= 0.3 is 0 Å². The number of carbonyl (C=O) groups is 1. The van der Waals surface area contributed by atoms with Gasteiger partial charge in [0, 0.05) is 18.7 Å². The number of rotatable bonds is 3. The van der Waals surface area contributed by atoms with Gasteiger partial charge < -0.3 is 10.7 Å². The molecule has 0 fully saturated rings. The van der Waals surface area contributed by atoms with Gasteiger partial charge in [0.05, 0.1) is 11.6 Å². The van der Waals surface area contributed by atoms with Crippen molar-refractivity contribution in [3.63, 3.8) is 0 Å². The lowest BCUT2D eigenvalue weighted by Crippen LogP contribution is -2.48. The van der Waals surface area contributed by atoms with Gasteiger partial charge in [0.2, 0.25) is 5.91 Å². The largest absolute Gasteiger partial charge is 0.368 e. The number of primary amides is 1. The van der Waals surface area contributed by atoms with Crippen LogP contribution < -0.4 is 11.3 Å². The Balaban J connectivity index is 1.70. The molecule has 132 valence electrons. The second-order valence-corrected chi connectivity index (χ2v) is 6.65. The molecule has 5 nitrogen and oxygen atoms in total. The van der Waals surface area contributed by atoms with Crippen LogP contribution in [0.3, 0.4) is 0 Å². The standard InChI is InChI=1S/C20H18FN3O2/c21-16-6-5-13-7-15(20(26)23-17(13)9-16)11-24-10-14-4-2-1-3-12(14)8-18(24)19(22)25/h1-7,9,18H,8,10-11H2,(H2,22,25)(H,23,26). The molecule has 1 amide bonds. The average Bonchev–Trinajstić information content (AvgIpc) is 2.61. The van der Waals surface area contributed by atoms with Gasteiger partial charge in [0.1, 0.15) is 5.82 Å². The van der Waals surface area contributed by atoms with Gasteiger partial charge in [-0.2, -0.15) is 0 Å². The summed E-state index contributed by atoms with van der Waals surface area (Å²) in [6.07, 6.45) is 0.530. The van der Waals surface area contributed by atoms with Crippen LogP contribution in [0.25, 0.3) is 10.9 Å². The van der Waals surface area contributed by atoms with Crippen LogP contribution in [0.2, 0.25) is 0 Å². The first-order chi connectivity index (χ1) is 12.5. The fourth-order valence-corrected chi connectivity index (χ4v) is 3.58. The molecule has 0 spiro atoms. The first-order valence-corrected chi connectivity index (χ1v) is 8.43. The number of fused-ring (bicyclic) bond motifs is 2. The summed E-state index contributed by atoms with van der Waals surface area (Å²) in [5.74, 6) is -0.805.